The van der Waals surface area contributed by atoms with Crippen molar-refractivity contribution in [2.45, 2.75) is 26.2 Å². The summed E-state index contributed by atoms with van der Waals surface area (Å²) in [6.07, 6.45) is 4.60. The van der Waals surface area contributed by atoms with Gasteiger partial charge in [-0.3, -0.25) is 4.79 Å². The van der Waals surface area contributed by atoms with E-state index in [1.165, 1.54) is 5.56 Å². The van der Waals surface area contributed by atoms with E-state index in [1.54, 1.807) is 0 Å². The lowest BCUT2D eigenvalue weighted by atomic mass is 9.98. The highest BCUT2D eigenvalue weighted by Crippen LogP contribution is 2.21. The van der Waals surface area contributed by atoms with Crippen molar-refractivity contribution in [1.82, 2.24) is 9.88 Å². The summed E-state index contributed by atoms with van der Waals surface area (Å²) in [7, 11) is 0. The van der Waals surface area contributed by atoms with Crippen LogP contribution in [0.4, 0.5) is 5.82 Å². The molecule has 5 nitrogen and oxygen atoms in total. The van der Waals surface area contributed by atoms with Crippen molar-refractivity contribution in [2.24, 2.45) is 5.92 Å². The molecular weight excluding hydrogens is 278 g/mol. The fourth-order valence-corrected chi connectivity index (χ4v) is 3.36. The maximum Gasteiger partial charge on any atom is 0.225 e. The molecule has 0 unspecified atom stereocenters. The molecule has 0 N–H and O–H groups in total. The van der Waals surface area contributed by atoms with Gasteiger partial charge < -0.3 is 14.5 Å². The number of aromatic nitrogens is 1. The van der Waals surface area contributed by atoms with E-state index in [9.17, 15) is 4.79 Å². The fraction of sp³-hybridized carbons (Fsp3) is 0.647. The van der Waals surface area contributed by atoms with Gasteiger partial charge in [-0.25, -0.2) is 4.98 Å². The van der Waals surface area contributed by atoms with Gasteiger partial charge in [-0.1, -0.05) is 6.07 Å². The summed E-state index contributed by atoms with van der Waals surface area (Å²) in [5.74, 6) is 1.54. The molecule has 2 aliphatic heterocycles. The summed E-state index contributed by atoms with van der Waals surface area (Å²) >= 11 is 0. The maximum atomic E-state index is 12.7. The first-order chi connectivity index (χ1) is 10.8. The minimum absolute atomic E-state index is 0.164. The number of rotatable bonds is 2. The third kappa shape index (κ3) is 3.40. The molecule has 1 amide bonds. The molecule has 3 heterocycles. The van der Waals surface area contributed by atoms with Gasteiger partial charge in [0, 0.05) is 51.5 Å². The van der Waals surface area contributed by atoms with Crippen LogP contribution in [0.1, 0.15) is 24.8 Å². The van der Waals surface area contributed by atoms with Crippen molar-refractivity contribution in [3.8, 4) is 0 Å². The number of carbonyl (C=O) groups is 1. The zero-order valence-electron chi connectivity index (χ0n) is 13.3. The van der Waals surface area contributed by atoms with Crippen molar-refractivity contribution in [1.29, 1.82) is 0 Å². The summed E-state index contributed by atoms with van der Waals surface area (Å²) in [4.78, 5) is 21.5. The lowest BCUT2D eigenvalue weighted by Crippen LogP contribution is -2.40. The Balaban J connectivity index is 1.62. The molecule has 0 radical (unpaired) electrons. The highest BCUT2D eigenvalue weighted by atomic mass is 16.5. The molecule has 0 atom stereocenters. The molecule has 1 aromatic heterocycles. The first kappa shape index (κ1) is 15.3. The first-order valence-electron chi connectivity index (χ1n) is 8.29. The standard InChI is InChI=1S/C17H25N3O2/c1-14-4-2-7-18-16(14)19-8-3-9-20(11-10-19)17(21)15-5-12-22-13-6-15/h2,4,7,15H,3,5-6,8-13H2,1H3. The Morgan fingerprint density at radius 2 is 2.05 bits per heavy atom. The number of ether oxygens (including phenoxy) is 1. The van der Waals surface area contributed by atoms with Crippen LogP contribution in [0.15, 0.2) is 18.3 Å². The molecule has 2 aliphatic rings. The van der Waals surface area contributed by atoms with Gasteiger partial charge in [-0.15, -0.1) is 0 Å². The number of carbonyl (C=O) groups excluding carboxylic acids is 1. The minimum atomic E-state index is 0.164. The van der Waals surface area contributed by atoms with Crippen molar-refractivity contribution in [3.63, 3.8) is 0 Å². The SMILES string of the molecule is Cc1cccnc1N1CCCN(C(=O)C2CCOCC2)CC1. The number of aryl methyl sites for hydroxylation is 1. The Bertz CT molecular complexity index is 514. The zero-order chi connectivity index (χ0) is 15.4. The van der Waals surface area contributed by atoms with Gasteiger partial charge in [0.25, 0.3) is 0 Å². The molecule has 120 valence electrons. The van der Waals surface area contributed by atoms with Crippen LogP contribution in [0.25, 0.3) is 0 Å². The second kappa shape index (κ2) is 7.09. The van der Waals surface area contributed by atoms with E-state index in [4.69, 9.17) is 4.74 Å². The van der Waals surface area contributed by atoms with Gasteiger partial charge in [0.1, 0.15) is 5.82 Å². The van der Waals surface area contributed by atoms with Gasteiger partial charge in [-0.05, 0) is 37.8 Å². The Labute approximate surface area is 132 Å². The molecule has 0 spiro atoms. The molecule has 0 aromatic carbocycles. The summed E-state index contributed by atoms with van der Waals surface area (Å²) < 4.78 is 5.36. The predicted octanol–water partition coefficient (Wildman–Crippen LogP) is 1.86. The number of amides is 1. The predicted molar refractivity (Wildman–Crippen MR) is 85.9 cm³/mol. The topological polar surface area (TPSA) is 45.7 Å². The van der Waals surface area contributed by atoms with Crippen LogP contribution in [0.2, 0.25) is 0 Å². The number of hydrogen-bond acceptors (Lipinski definition) is 4. The smallest absolute Gasteiger partial charge is 0.225 e. The maximum absolute atomic E-state index is 12.7. The number of hydrogen-bond donors (Lipinski definition) is 0. The van der Waals surface area contributed by atoms with E-state index in [2.05, 4.69) is 22.9 Å². The fourth-order valence-electron chi connectivity index (χ4n) is 3.36. The van der Waals surface area contributed by atoms with Crippen molar-refractivity contribution in [2.75, 3.05) is 44.3 Å². The third-order valence-corrected chi connectivity index (χ3v) is 4.66. The van der Waals surface area contributed by atoms with E-state index in [0.717, 1.165) is 64.5 Å². The van der Waals surface area contributed by atoms with Crippen LogP contribution >= 0.6 is 0 Å². The van der Waals surface area contributed by atoms with Gasteiger partial charge in [0.15, 0.2) is 0 Å². The summed E-state index contributed by atoms with van der Waals surface area (Å²) in [5, 5.41) is 0. The van der Waals surface area contributed by atoms with E-state index >= 15 is 0 Å². The van der Waals surface area contributed by atoms with Crippen molar-refractivity contribution < 1.29 is 9.53 Å². The molecule has 5 heteroatoms. The monoisotopic (exact) mass is 303 g/mol. The van der Waals surface area contributed by atoms with Crippen LogP contribution in [0.5, 0.6) is 0 Å². The van der Waals surface area contributed by atoms with E-state index in [1.807, 2.05) is 17.2 Å². The van der Waals surface area contributed by atoms with Crippen LogP contribution in [-0.2, 0) is 9.53 Å². The van der Waals surface area contributed by atoms with Crippen LogP contribution in [0, 0.1) is 12.8 Å². The van der Waals surface area contributed by atoms with Gasteiger partial charge >= 0.3 is 0 Å². The second-order valence-corrected chi connectivity index (χ2v) is 6.20. The van der Waals surface area contributed by atoms with Gasteiger partial charge in [0.2, 0.25) is 5.91 Å². The average molecular weight is 303 g/mol. The molecule has 0 bridgehead atoms. The van der Waals surface area contributed by atoms with Gasteiger partial charge in [0.05, 0.1) is 0 Å². The van der Waals surface area contributed by atoms with E-state index in [0.29, 0.717) is 5.91 Å². The van der Waals surface area contributed by atoms with E-state index < -0.39 is 0 Å². The Kier molecular flexibility index (Phi) is 4.93. The second-order valence-electron chi connectivity index (χ2n) is 6.20. The van der Waals surface area contributed by atoms with Crippen LogP contribution < -0.4 is 4.90 Å². The molecule has 2 fully saturated rings. The Morgan fingerprint density at radius 1 is 1.23 bits per heavy atom. The Hall–Kier alpha value is -1.62. The third-order valence-electron chi connectivity index (χ3n) is 4.66. The molecular formula is C17H25N3O2. The highest BCUT2D eigenvalue weighted by molar-refractivity contribution is 5.79. The lowest BCUT2D eigenvalue weighted by Gasteiger charge is -2.28. The highest BCUT2D eigenvalue weighted by Gasteiger charge is 2.28. The molecule has 22 heavy (non-hydrogen) atoms. The van der Waals surface area contributed by atoms with E-state index in [-0.39, 0.29) is 5.92 Å². The van der Waals surface area contributed by atoms with Crippen LogP contribution in [-0.4, -0.2) is 55.2 Å². The number of nitrogens with zero attached hydrogens (tertiary/aromatic N) is 3. The molecule has 2 saturated heterocycles. The minimum Gasteiger partial charge on any atom is -0.381 e. The molecule has 0 saturated carbocycles. The van der Waals surface area contributed by atoms with Crippen LogP contribution in [0.3, 0.4) is 0 Å². The number of pyridine rings is 1. The summed E-state index contributed by atoms with van der Waals surface area (Å²) in [6.45, 7) is 7.04. The molecule has 0 aliphatic carbocycles. The normalized spacial score (nSPS) is 20.8. The summed E-state index contributed by atoms with van der Waals surface area (Å²) in [5.41, 5.74) is 1.20. The lowest BCUT2D eigenvalue weighted by molar-refractivity contribution is -0.138. The van der Waals surface area contributed by atoms with Gasteiger partial charge in [-0.2, -0.15) is 0 Å². The summed E-state index contributed by atoms with van der Waals surface area (Å²) in [6, 6.07) is 4.07. The van der Waals surface area contributed by atoms with Crippen molar-refractivity contribution in [3.05, 3.63) is 23.9 Å². The first-order valence-corrected chi connectivity index (χ1v) is 8.29. The molecule has 3 rings (SSSR count). The number of anilines is 1. The largest absolute Gasteiger partial charge is 0.381 e. The zero-order valence-corrected chi connectivity index (χ0v) is 13.3. The molecule has 1 aromatic rings. The average Bonchev–Trinajstić information content (AvgIpc) is 2.81. The quantitative estimate of drug-likeness (QED) is 0.836. The Morgan fingerprint density at radius 3 is 2.82 bits per heavy atom. The van der Waals surface area contributed by atoms with Crippen molar-refractivity contribution >= 4 is 11.7 Å².